The number of hydrogen-bond acceptors (Lipinski definition) is 5. The zero-order valence-electron chi connectivity index (χ0n) is 14.8. The Hall–Kier alpha value is -3.46. The molecule has 0 aliphatic heterocycles. The van der Waals surface area contributed by atoms with E-state index in [9.17, 15) is 10.1 Å². The molecule has 0 radical (unpaired) electrons. The van der Waals surface area contributed by atoms with Crippen LogP contribution in [-0.2, 0) is 17.9 Å². The van der Waals surface area contributed by atoms with Crippen LogP contribution in [0.3, 0.4) is 0 Å². The molecule has 2 rings (SSSR count). The first-order valence-electron chi connectivity index (χ1n) is 8.04. The molecule has 2 aromatic carbocycles. The van der Waals surface area contributed by atoms with Crippen LogP contribution in [0.1, 0.15) is 11.1 Å². The first kappa shape index (κ1) is 18.9. The summed E-state index contributed by atoms with van der Waals surface area (Å²) in [6.07, 6.45) is 1.41. The minimum absolute atomic E-state index is 0.00779. The number of ether oxygens (including phenoxy) is 2. The molecule has 1 amide bonds. The van der Waals surface area contributed by atoms with Crippen molar-refractivity contribution in [1.82, 2.24) is 10.6 Å². The molecule has 0 spiro atoms. The number of benzene rings is 2. The van der Waals surface area contributed by atoms with Gasteiger partial charge in [-0.15, -0.1) is 0 Å². The maximum absolute atomic E-state index is 12.1. The molecule has 26 heavy (non-hydrogen) atoms. The lowest BCUT2D eigenvalue weighted by atomic mass is 10.2. The summed E-state index contributed by atoms with van der Waals surface area (Å²) in [4.78, 5) is 12.1. The number of amides is 1. The van der Waals surface area contributed by atoms with E-state index in [1.807, 2.05) is 54.6 Å². The SMILES string of the molecule is COc1ccc(CNC(=O)/C(C#N)=C\NCc2ccccc2OC)cc1. The first-order chi connectivity index (χ1) is 12.7. The topological polar surface area (TPSA) is 83.4 Å². The third-order valence-corrected chi connectivity index (χ3v) is 3.71. The van der Waals surface area contributed by atoms with Crippen LogP contribution in [0.4, 0.5) is 0 Å². The third kappa shape index (κ3) is 5.28. The summed E-state index contributed by atoms with van der Waals surface area (Å²) in [5.74, 6) is 1.06. The molecule has 0 saturated carbocycles. The summed E-state index contributed by atoms with van der Waals surface area (Å²) in [6, 6.07) is 16.8. The first-order valence-corrected chi connectivity index (χ1v) is 8.04. The Morgan fingerprint density at radius 3 is 2.46 bits per heavy atom. The van der Waals surface area contributed by atoms with Gasteiger partial charge in [0.25, 0.3) is 5.91 Å². The molecule has 0 atom stereocenters. The van der Waals surface area contributed by atoms with Gasteiger partial charge in [-0.25, -0.2) is 0 Å². The van der Waals surface area contributed by atoms with Crippen molar-refractivity contribution >= 4 is 5.91 Å². The van der Waals surface area contributed by atoms with Crippen molar-refractivity contribution in [2.45, 2.75) is 13.1 Å². The Bertz CT molecular complexity index is 808. The summed E-state index contributed by atoms with van der Waals surface area (Å²) in [5, 5.41) is 14.9. The second kappa shape index (κ2) is 9.74. The molecule has 0 aliphatic rings. The fraction of sp³-hybridized carbons (Fsp3) is 0.200. The molecule has 0 saturated heterocycles. The number of nitrogens with one attached hydrogen (secondary N) is 2. The monoisotopic (exact) mass is 351 g/mol. The van der Waals surface area contributed by atoms with Gasteiger partial charge in [-0.2, -0.15) is 5.26 Å². The second-order valence-electron chi connectivity index (χ2n) is 5.39. The van der Waals surface area contributed by atoms with E-state index in [0.717, 1.165) is 22.6 Å². The number of carbonyl (C=O) groups is 1. The molecular weight excluding hydrogens is 330 g/mol. The minimum atomic E-state index is -0.434. The van der Waals surface area contributed by atoms with Crippen molar-refractivity contribution in [3.63, 3.8) is 0 Å². The summed E-state index contributed by atoms with van der Waals surface area (Å²) < 4.78 is 10.4. The molecule has 2 aromatic rings. The summed E-state index contributed by atoms with van der Waals surface area (Å²) in [7, 11) is 3.20. The fourth-order valence-electron chi connectivity index (χ4n) is 2.28. The van der Waals surface area contributed by atoms with Crippen LogP contribution in [0.5, 0.6) is 11.5 Å². The zero-order valence-corrected chi connectivity index (χ0v) is 14.8. The number of nitriles is 1. The van der Waals surface area contributed by atoms with Gasteiger partial charge in [-0.05, 0) is 23.8 Å². The number of hydrogen-bond donors (Lipinski definition) is 2. The van der Waals surface area contributed by atoms with E-state index in [0.29, 0.717) is 13.1 Å². The molecule has 0 bridgehead atoms. The largest absolute Gasteiger partial charge is 0.497 e. The molecular formula is C20H21N3O3. The summed E-state index contributed by atoms with van der Waals surface area (Å²) in [5.41, 5.74) is 1.86. The molecule has 2 N–H and O–H groups in total. The highest BCUT2D eigenvalue weighted by atomic mass is 16.5. The van der Waals surface area contributed by atoms with E-state index in [-0.39, 0.29) is 5.57 Å². The van der Waals surface area contributed by atoms with E-state index in [2.05, 4.69) is 10.6 Å². The number of methoxy groups -OCH3 is 2. The molecule has 0 fully saturated rings. The van der Waals surface area contributed by atoms with Gasteiger partial charge >= 0.3 is 0 Å². The van der Waals surface area contributed by atoms with E-state index < -0.39 is 5.91 Å². The van der Waals surface area contributed by atoms with Gasteiger partial charge in [0.05, 0.1) is 14.2 Å². The number of para-hydroxylation sites is 1. The van der Waals surface area contributed by atoms with Crippen LogP contribution in [0, 0.1) is 11.3 Å². The van der Waals surface area contributed by atoms with E-state index >= 15 is 0 Å². The van der Waals surface area contributed by atoms with Gasteiger partial charge in [0.15, 0.2) is 0 Å². The van der Waals surface area contributed by atoms with Crippen LogP contribution in [0.2, 0.25) is 0 Å². The van der Waals surface area contributed by atoms with Gasteiger partial charge in [0.1, 0.15) is 23.1 Å². The number of rotatable bonds is 8. The molecule has 0 unspecified atom stereocenters. The second-order valence-corrected chi connectivity index (χ2v) is 5.39. The Morgan fingerprint density at radius 2 is 1.81 bits per heavy atom. The maximum Gasteiger partial charge on any atom is 0.263 e. The van der Waals surface area contributed by atoms with Crippen molar-refractivity contribution in [3.8, 4) is 17.6 Å². The highest BCUT2D eigenvalue weighted by Crippen LogP contribution is 2.16. The zero-order chi connectivity index (χ0) is 18.8. The Morgan fingerprint density at radius 1 is 1.08 bits per heavy atom. The summed E-state index contributed by atoms with van der Waals surface area (Å²) >= 11 is 0. The lowest BCUT2D eigenvalue weighted by molar-refractivity contribution is -0.117. The van der Waals surface area contributed by atoms with Crippen molar-refractivity contribution in [2.75, 3.05) is 14.2 Å². The highest BCUT2D eigenvalue weighted by Gasteiger charge is 2.08. The lowest BCUT2D eigenvalue weighted by Crippen LogP contribution is -2.25. The van der Waals surface area contributed by atoms with E-state index in [4.69, 9.17) is 9.47 Å². The van der Waals surface area contributed by atoms with E-state index in [1.165, 1.54) is 6.20 Å². The molecule has 0 heterocycles. The van der Waals surface area contributed by atoms with Gasteiger partial charge in [-0.3, -0.25) is 4.79 Å². The van der Waals surface area contributed by atoms with Crippen molar-refractivity contribution < 1.29 is 14.3 Å². The van der Waals surface area contributed by atoms with Gasteiger partial charge in [-0.1, -0.05) is 30.3 Å². The Balaban J connectivity index is 1.90. The smallest absolute Gasteiger partial charge is 0.263 e. The molecule has 0 aromatic heterocycles. The van der Waals surface area contributed by atoms with Crippen molar-refractivity contribution in [2.24, 2.45) is 0 Å². The lowest BCUT2D eigenvalue weighted by Gasteiger charge is -2.08. The predicted octanol–water partition coefficient (Wildman–Crippen LogP) is 2.52. The Labute approximate surface area is 153 Å². The average Bonchev–Trinajstić information content (AvgIpc) is 2.70. The Kier molecular flexibility index (Phi) is 7.07. The molecule has 6 nitrogen and oxygen atoms in total. The van der Waals surface area contributed by atoms with Crippen LogP contribution in [-0.4, -0.2) is 20.1 Å². The van der Waals surface area contributed by atoms with Crippen LogP contribution < -0.4 is 20.1 Å². The standard InChI is InChI=1S/C20H21N3O3/c1-25-18-9-7-15(8-10-18)12-23-20(24)17(11-21)14-22-13-16-5-3-4-6-19(16)26-2/h3-10,14,22H,12-13H2,1-2H3,(H,23,24)/b17-14-. The van der Waals surface area contributed by atoms with Gasteiger partial charge in [0, 0.05) is 24.9 Å². The summed E-state index contributed by atoms with van der Waals surface area (Å²) in [6.45, 7) is 0.773. The molecule has 0 aliphatic carbocycles. The van der Waals surface area contributed by atoms with Crippen LogP contribution >= 0.6 is 0 Å². The molecule has 134 valence electrons. The number of carbonyl (C=O) groups excluding carboxylic acids is 1. The quantitative estimate of drug-likeness (QED) is 0.564. The fourth-order valence-corrected chi connectivity index (χ4v) is 2.28. The highest BCUT2D eigenvalue weighted by molar-refractivity contribution is 5.97. The van der Waals surface area contributed by atoms with Crippen molar-refractivity contribution in [1.29, 1.82) is 5.26 Å². The number of nitrogens with zero attached hydrogens (tertiary/aromatic N) is 1. The maximum atomic E-state index is 12.1. The molecule has 6 heteroatoms. The normalized spacial score (nSPS) is 10.6. The van der Waals surface area contributed by atoms with Crippen molar-refractivity contribution in [3.05, 3.63) is 71.4 Å². The average molecular weight is 351 g/mol. The predicted molar refractivity (Wildman–Crippen MR) is 98.4 cm³/mol. The van der Waals surface area contributed by atoms with Gasteiger partial charge in [0.2, 0.25) is 0 Å². The van der Waals surface area contributed by atoms with E-state index in [1.54, 1.807) is 14.2 Å². The minimum Gasteiger partial charge on any atom is -0.497 e. The van der Waals surface area contributed by atoms with Gasteiger partial charge < -0.3 is 20.1 Å². The third-order valence-electron chi connectivity index (χ3n) is 3.71. The van der Waals surface area contributed by atoms with Crippen LogP contribution in [0.15, 0.2) is 60.3 Å². The van der Waals surface area contributed by atoms with Crippen LogP contribution in [0.25, 0.3) is 0 Å².